The Morgan fingerprint density at radius 3 is 2.15 bits per heavy atom. The average Bonchev–Trinajstić information content (AvgIpc) is 3.29. The van der Waals surface area contributed by atoms with Crippen LogP contribution in [0.2, 0.25) is 0 Å². The van der Waals surface area contributed by atoms with Crippen LogP contribution < -0.4 is 4.90 Å². The number of imide groups is 1. The van der Waals surface area contributed by atoms with Crippen LogP contribution in [0, 0.1) is 12.8 Å². The van der Waals surface area contributed by atoms with Crippen molar-refractivity contribution < 1.29 is 9.59 Å². The number of aryl methyl sites for hydroxylation is 1. The maximum Gasteiger partial charge on any atom is 0.253 e. The molecule has 0 aromatic heterocycles. The molecule has 2 amide bonds. The highest BCUT2D eigenvalue weighted by atomic mass is 16.2. The van der Waals surface area contributed by atoms with Crippen LogP contribution in [0.1, 0.15) is 23.6 Å². The van der Waals surface area contributed by atoms with Gasteiger partial charge in [-0.05, 0) is 31.0 Å². The van der Waals surface area contributed by atoms with Crippen LogP contribution >= 0.6 is 0 Å². The summed E-state index contributed by atoms with van der Waals surface area (Å²) in [6.07, 6.45) is 1.03. The molecule has 3 atom stereocenters. The number of carbonyl (C=O) groups is 2. The Morgan fingerprint density at radius 1 is 0.808 bits per heavy atom. The predicted octanol–water partition coefficient (Wildman–Crippen LogP) is 2.53. The fourth-order valence-electron chi connectivity index (χ4n) is 4.71. The van der Waals surface area contributed by atoms with E-state index in [2.05, 4.69) is 22.2 Å². The van der Waals surface area contributed by atoms with Crippen molar-refractivity contribution in [3.8, 4) is 0 Å². The standard InChI is InChI=1S/C21H21N3O2/c1-14-8-10-16(11-9-14)24-20(25)17-18(15-6-3-2-4-7-15)22-12-5-13-23(22)19(17)21(24)26/h2-4,6-11,17-19H,5,12-13H2,1H3/t17-,18-,19+/m0/s1. The fourth-order valence-corrected chi connectivity index (χ4v) is 4.71. The van der Waals surface area contributed by atoms with Gasteiger partial charge in [0.25, 0.3) is 5.91 Å². The first-order valence-corrected chi connectivity index (χ1v) is 9.19. The molecule has 0 saturated carbocycles. The highest BCUT2D eigenvalue weighted by Crippen LogP contribution is 2.48. The summed E-state index contributed by atoms with van der Waals surface area (Å²) in [7, 11) is 0. The maximum absolute atomic E-state index is 13.3. The summed E-state index contributed by atoms with van der Waals surface area (Å²) in [4.78, 5) is 28.0. The molecular weight excluding hydrogens is 326 g/mol. The number of hydrogen-bond donors (Lipinski definition) is 0. The van der Waals surface area contributed by atoms with Crippen LogP contribution in [0.15, 0.2) is 54.6 Å². The molecule has 3 aliphatic heterocycles. The minimum atomic E-state index is -0.378. The van der Waals surface area contributed by atoms with Gasteiger partial charge in [0.2, 0.25) is 5.91 Å². The topological polar surface area (TPSA) is 43.9 Å². The molecule has 5 heteroatoms. The van der Waals surface area contributed by atoms with Crippen LogP contribution in [0.3, 0.4) is 0 Å². The zero-order valence-electron chi connectivity index (χ0n) is 14.7. The number of anilines is 1. The van der Waals surface area contributed by atoms with Crippen LogP contribution in [0.5, 0.6) is 0 Å². The van der Waals surface area contributed by atoms with E-state index in [4.69, 9.17) is 0 Å². The Morgan fingerprint density at radius 2 is 1.46 bits per heavy atom. The first-order valence-electron chi connectivity index (χ1n) is 9.19. The average molecular weight is 347 g/mol. The smallest absolute Gasteiger partial charge is 0.253 e. The monoisotopic (exact) mass is 347 g/mol. The van der Waals surface area contributed by atoms with Gasteiger partial charge in [0, 0.05) is 13.1 Å². The van der Waals surface area contributed by atoms with Gasteiger partial charge >= 0.3 is 0 Å². The number of hydrazine groups is 1. The number of carbonyl (C=O) groups excluding carboxylic acids is 2. The van der Waals surface area contributed by atoms with Gasteiger partial charge in [0.05, 0.1) is 17.6 Å². The number of fused-ring (bicyclic) bond motifs is 3. The lowest BCUT2D eigenvalue weighted by Crippen LogP contribution is -2.44. The molecule has 132 valence electrons. The van der Waals surface area contributed by atoms with Crippen molar-refractivity contribution in [2.45, 2.75) is 25.4 Å². The van der Waals surface area contributed by atoms with Gasteiger partial charge in [0.15, 0.2) is 0 Å². The molecule has 26 heavy (non-hydrogen) atoms. The summed E-state index contributed by atoms with van der Waals surface area (Å²) >= 11 is 0. The van der Waals surface area contributed by atoms with Gasteiger partial charge in [-0.1, -0.05) is 48.0 Å². The first kappa shape index (κ1) is 15.7. The molecule has 0 bridgehead atoms. The van der Waals surface area contributed by atoms with E-state index in [0.29, 0.717) is 5.69 Å². The minimum Gasteiger partial charge on any atom is -0.274 e. The Kier molecular flexibility index (Phi) is 3.48. The summed E-state index contributed by atoms with van der Waals surface area (Å²) in [6, 6.07) is 17.3. The Balaban J connectivity index is 1.58. The summed E-state index contributed by atoms with van der Waals surface area (Å²) in [5.74, 6) is -0.507. The predicted molar refractivity (Wildman–Crippen MR) is 98.2 cm³/mol. The normalized spacial score (nSPS) is 28.7. The third-order valence-corrected chi connectivity index (χ3v) is 5.84. The minimum absolute atomic E-state index is 0.0596. The van der Waals surface area contributed by atoms with Gasteiger partial charge in [-0.25, -0.2) is 14.9 Å². The summed E-state index contributed by atoms with van der Waals surface area (Å²) in [6.45, 7) is 3.74. The lowest BCUT2D eigenvalue weighted by molar-refractivity contribution is -0.126. The molecule has 3 fully saturated rings. The zero-order chi connectivity index (χ0) is 17.8. The van der Waals surface area contributed by atoms with Crippen molar-refractivity contribution in [3.05, 3.63) is 65.7 Å². The number of nitrogens with zero attached hydrogens (tertiary/aromatic N) is 3. The molecule has 5 nitrogen and oxygen atoms in total. The van der Waals surface area contributed by atoms with Crippen LogP contribution in [0.25, 0.3) is 0 Å². The van der Waals surface area contributed by atoms with Crippen molar-refractivity contribution in [2.75, 3.05) is 18.0 Å². The van der Waals surface area contributed by atoms with E-state index in [1.54, 1.807) is 0 Å². The molecule has 3 heterocycles. The second kappa shape index (κ2) is 5.76. The van der Waals surface area contributed by atoms with E-state index in [1.165, 1.54) is 4.90 Å². The molecule has 3 aliphatic rings. The SMILES string of the molecule is Cc1ccc(N2C(=O)[C@@H]3[C@H](C2=O)N2CCCN2[C@H]3c2ccccc2)cc1. The molecule has 0 unspecified atom stereocenters. The van der Waals surface area contributed by atoms with Crippen LogP contribution in [-0.4, -0.2) is 41.0 Å². The lowest BCUT2D eigenvalue weighted by Gasteiger charge is -2.29. The van der Waals surface area contributed by atoms with Gasteiger partial charge in [-0.3, -0.25) is 9.59 Å². The number of hydrogen-bond acceptors (Lipinski definition) is 4. The molecule has 2 aromatic rings. The maximum atomic E-state index is 13.3. The van der Waals surface area contributed by atoms with Gasteiger partial charge < -0.3 is 0 Å². The largest absolute Gasteiger partial charge is 0.274 e. The molecule has 0 spiro atoms. The third-order valence-electron chi connectivity index (χ3n) is 5.84. The molecule has 3 saturated heterocycles. The van der Waals surface area contributed by atoms with Crippen molar-refractivity contribution in [1.82, 2.24) is 10.0 Å². The number of amides is 2. The van der Waals surface area contributed by atoms with Crippen LogP contribution in [0.4, 0.5) is 5.69 Å². The van der Waals surface area contributed by atoms with E-state index >= 15 is 0 Å². The quantitative estimate of drug-likeness (QED) is 0.783. The van der Waals surface area contributed by atoms with E-state index in [1.807, 2.05) is 49.4 Å². The molecular formula is C21H21N3O2. The van der Waals surface area contributed by atoms with Crippen molar-refractivity contribution in [3.63, 3.8) is 0 Å². The Labute approximate surface area is 152 Å². The second-order valence-electron chi connectivity index (χ2n) is 7.35. The third kappa shape index (κ3) is 2.11. The Bertz CT molecular complexity index is 865. The molecule has 5 rings (SSSR count). The van der Waals surface area contributed by atoms with Gasteiger partial charge in [-0.15, -0.1) is 0 Å². The second-order valence-corrected chi connectivity index (χ2v) is 7.35. The molecule has 0 aliphatic carbocycles. The summed E-state index contributed by atoms with van der Waals surface area (Å²) in [5.41, 5.74) is 2.90. The highest BCUT2D eigenvalue weighted by Gasteiger charge is 2.62. The van der Waals surface area contributed by atoms with Gasteiger partial charge in [0.1, 0.15) is 6.04 Å². The van der Waals surface area contributed by atoms with E-state index < -0.39 is 0 Å². The Hall–Kier alpha value is -2.50. The number of rotatable bonds is 2. The lowest BCUT2D eigenvalue weighted by atomic mass is 9.90. The van der Waals surface area contributed by atoms with E-state index in [-0.39, 0.29) is 29.8 Å². The van der Waals surface area contributed by atoms with Crippen molar-refractivity contribution in [2.24, 2.45) is 5.92 Å². The first-order chi connectivity index (χ1) is 12.7. The van der Waals surface area contributed by atoms with Crippen molar-refractivity contribution >= 4 is 17.5 Å². The zero-order valence-corrected chi connectivity index (χ0v) is 14.7. The van der Waals surface area contributed by atoms with Gasteiger partial charge in [-0.2, -0.15) is 0 Å². The van der Waals surface area contributed by atoms with Crippen molar-refractivity contribution in [1.29, 1.82) is 0 Å². The molecule has 2 aromatic carbocycles. The summed E-state index contributed by atoms with van der Waals surface area (Å²) in [5, 5.41) is 4.38. The van der Waals surface area contributed by atoms with E-state index in [0.717, 1.165) is 30.6 Å². The van der Waals surface area contributed by atoms with Crippen LogP contribution in [-0.2, 0) is 9.59 Å². The fraction of sp³-hybridized carbons (Fsp3) is 0.333. The molecule has 0 N–H and O–H groups in total. The van der Waals surface area contributed by atoms with E-state index in [9.17, 15) is 9.59 Å². The summed E-state index contributed by atoms with van der Waals surface area (Å²) < 4.78 is 0. The molecule has 0 radical (unpaired) electrons. The number of benzene rings is 2. The highest BCUT2D eigenvalue weighted by molar-refractivity contribution is 6.24.